The minimum atomic E-state index is -0.744. The summed E-state index contributed by atoms with van der Waals surface area (Å²) in [5.74, 6) is 7.20. The van der Waals surface area contributed by atoms with E-state index >= 15 is 0 Å². The van der Waals surface area contributed by atoms with E-state index in [1.165, 1.54) is 6.07 Å². The van der Waals surface area contributed by atoms with Crippen molar-refractivity contribution in [3.8, 4) is 34.8 Å². The standard InChI is InChI=1S/C54H63NO10/c1-63-49-29-42-41(28-48(49)61)44-24-34-31-54(19-18-33(30-54)7-6-20-56)45-27-35(58)14-16-40(45)52(34)43(42)26-36(59)25-37(15-12-32-13-17-47(60)50(23-32)64-22-21-57)65-51(62)11-5-3-9-39-38-8-2-4-10-46(38)55-53(39)44/h2,4,8,10,13,17,23-24,28-29,33-35,37,40,43,45,52,55-58,60-61H,6-7,9,11-12,14-16,18-22,25-27,30-31H2,1H3. The van der Waals surface area contributed by atoms with Gasteiger partial charge in [-0.15, -0.1) is 0 Å². The molecule has 1 spiro atoms. The van der Waals surface area contributed by atoms with Crippen molar-refractivity contribution >= 4 is 28.2 Å². The molecule has 3 fully saturated rings. The number of H-pyrrole nitrogens is 1. The number of carbonyl (C=O) groups excluding carboxylic acids is 2. The number of methoxy groups -OCH3 is 1. The Morgan fingerprint density at radius 2 is 1.75 bits per heavy atom. The van der Waals surface area contributed by atoms with E-state index in [1.54, 1.807) is 19.2 Å². The van der Waals surface area contributed by atoms with Crippen molar-refractivity contribution in [1.29, 1.82) is 0 Å². The highest BCUT2D eigenvalue weighted by Crippen LogP contribution is 2.67. The van der Waals surface area contributed by atoms with E-state index in [2.05, 4.69) is 35.0 Å². The average Bonchev–Trinajstić information content (AvgIpc) is 3.85. The zero-order chi connectivity index (χ0) is 45.2. The first kappa shape index (κ1) is 44.9. The number of Topliss-reactive ketones (excluding diaryl/α,β-unsaturated/α-hetero) is 1. The van der Waals surface area contributed by atoms with Crippen LogP contribution in [0.15, 0.2) is 60.7 Å². The van der Waals surface area contributed by atoms with Crippen molar-refractivity contribution in [2.24, 2.45) is 35.0 Å². The van der Waals surface area contributed by atoms with Gasteiger partial charge in [-0.3, -0.25) is 9.59 Å². The SMILES string of the molecule is COc1cc2c(cc1O)C1=CC3CC4(CCC(CCCO)C4)C4CC(O)CCC4C3C2CC(=O)CC(CCc2ccc(O)c(OCCO)c2)OC(=O)CC#CCc2c1[nH]c1ccccc21. The highest BCUT2D eigenvalue weighted by molar-refractivity contribution is 5.94. The number of cyclic esters (lactones) is 1. The van der Waals surface area contributed by atoms with Gasteiger partial charge in [0.2, 0.25) is 0 Å². The van der Waals surface area contributed by atoms with Crippen LogP contribution >= 0.6 is 0 Å². The van der Waals surface area contributed by atoms with Crippen LogP contribution in [0.25, 0.3) is 16.5 Å². The zero-order valence-electron chi connectivity index (χ0n) is 37.4. The molecule has 9 unspecified atom stereocenters. The maximum atomic E-state index is 15.0. The molecule has 6 N–H and O–H groups in total. The number of ether oxygens (including phenoxy) is 3. The Bertz CT molecular complexity index is 2500. The van der Waals surface area contributed by atoms with Crippen LogP contribution in [-0.4, -0.2) is 81.4 Å². The van der Waals surface area contributed by atoms with Crippen molar-refractivity contribution in [3.63, 3.8) is 0 Å². The van der Waals surface area contributed by atoms with Gasteiger partial charge in [0, 0.05) is 42.3 Å². The van der Waals surface area contributed by atoms with Gasteiger partial charge in [-0.1, -0.05) is 42.2 Å². The first-order valence-electron chi connectivity index (χ1n) is 23.8. The summed E-state index contributed by atoms with van der Waals surface area (Å²) in [6, 6.07) is 16.9. The number of rotatable bonds is 10. The maximum absolute atomic E-state index is 15.0. The molecular weight excluding hydrogens is 823 g/mol. The van der Waals surface area contributed by atoms with Gasteiger partial charge < -0.3 is 44.7 Å². The molecule has 11 nitrogen and oxygen atoms in total. The number of aliphatic hydroxyl groups excluding tert-OH is 3. The van der Waals surface area contributed by atoms with E-state index in [0.717, 1.165) is 95.8 Å². The van der Waals surface area contributed by atoms with E-state index in [-0.39, 0.29) is 103 Å². The third-order valence-electron chi connectivity index (χ3n) is 15.7. The number of ketones is 1. The fourth-order valence-corrected chi connectivity index (χ4v) is 13.1. The first-order valence-corrected chi connectivity index (χ1v) is 23.8. The van der Waals surface area contributed by atoms with Crippen molar-refractivity contribution in [2.45, 2.75) is 114 Å². The summed E-state index contributed by atoms with van der Waals surface area (Å²) in [5.41, 5.74) is 6.45. The largest absolute Gasteiger partial charge is 0.504 e. The Kier molecular flexibility index (Phi) is 13.3. The topological polar surface area (TPSA) is 179 Å². The van der Waals surface area contributed by atoms with Crippen molar-refractivity contribution in [1.82, 2.24) is 4.98 Å². The van der Waals surface area contributed by atoms with E-state index in [9.17, 15) is 35.1 Å². The minimum absolute atomic E-state index is 0.000699. The number of aryl methyl sites for hydroxylation is 1. The average molecular weight is 886 g/mol. The predicted octanol–water partition coefficient (Wildman–Crippen LogP) is 8.30. The summed E-state index contributed by atoms with van der Waals surface area (Å²) in [6.45, 7) is 0.00621. The van der Waals surface area contributed by atoms with Gasteiger partial charge in [0.05, 0.1) is 25.5 Å². The molecule has 344 valence electrons. The van der Waals surface area contributed by atoms with Gasteiger partial charge in [-0.25, -0.2) is 0 Å². The second-order valence-electron chi connectivity index (χ2n) is 19.5. The summed E-state index contributed by atoms with van der Waals surface area (Å²) in [4.78, 5) is 32.3. The lowest BCUT2D eigenvalue weighted by atomic mass is 9.47. The van der Waals surface area contributed by atoms with E-state index < -0.39 is 12.1 Å². The van der Waals surface area contributed by atoms with Gasteiger partial charge in [0.25, 0.3) is 0 Å². The molecule has 11 heteroatoms. The highest BCUT2D eigenvalue weighted by atomic mass is 16.5. The van der Waals surface area contributed by atoms with Crippen LogP contribution in [0, 0.1) is 46.8 Å². The number of nitrogens with one attached hydrogen (secondary N) is 1. The van der Waals surface area contributed by atoms with Crippen LogP contribution in [-0.2, 0) is 27.2 Å². The molecule has 9 rings (SSSR count). The zero-order valence-corrected chi connectivity index (χ0v) is 37.4. The first-order chi connectivity index (χ1) is 31.6. The van der Waals surface area contributed by atoms with Crippen LogP contribution < -0.4 is 9.47 Å². The molecule has 1 aliphatic heterocycles. The van der Waals surface area contributed by atoms with Crippen LogP contribution in [0.3, 0.4) is 0 Å². The summed E-state index contributed by atoms with van der Waals surface area (Å²) in [6.07, 6.45) is 10.7. The van der Waals surface area contributed by atoms with Crippen molar-refractivity contribution < 1.29 is 49.3 Å². The van der Waals surface area contributed by atoms with Crippen molar-refractivity contribution in [3.05, 3.63) is 88.6 Å². The lowest BCUT2D eigenvalue weighted by Gasteiger charge is -2.57. The highest BCUT2D eigenvalue weighted by Gasteiger charge is 2.58. The number of aromatic amines is 1. The normalized spacial score (nSPS) is 28.8. The van der Waals surface area contributed by atoms with Crippen LogP contribution in [0.1, 0.15) is 117 Å². The van der Waals surface area contributed by atoms with Crippen LogP contribution in [0.2, 0.25) is 0 Å². The van der Waals surface area contributed by atoms with Gasteiger partial charge in [0.1, 0.15) is 24.9 Å². The summed E-state index contributed by atoms with van der Waals surface area (Å²) < 4.78 is 17.5. The lowest BCUT2D eigenvalue weighted by Crippen LogP contribution is -2.51. The molecular formula is C54H63NO10. The maximum Gasteiger partial charge on any atom is 0.318 e. The number of aromatic nitrogens is 1. The van der Waals surface area contributed by atoms with Gasteiger partial charge >= 0.3 is 5.97 Å². The Morgan fingerprint density at radius 3 is 2.58 bits per heavy atom. The number of phenolic OH excluding ortho intramolecular Hbond substituents is 2. The molecule has 4 aliphatic carbocycles. The van der Waals surface area contributed by atoms with E-state index in [4.69, 9.17) is 14.2 Å². The summed E-state index contributed by atoms with van der Waals surface area (Å²) in [5, 5.41) is 53.5. The summed E-state index contributed by atoms with van der Waals surface area (Å²) >= 11 is 0. The van der Waals surface area contributed by atoms with Gasteiger partial charge in [0.15, 0.2) is 23.0 Å². The summed E-state index contributed by atoms with van der Waals surface area (Å²) in [7, 11) is 1.55. The number of fused-ring (bicyclic) bond motifs is 9. The molecule has 65 heavy (non-hydrogen) atoms. The molecule has 3 saturated carbocycles. The quantitative estimate of drug-likeness (QED) is 0.0671. The molecule has 0 radical (unpaired) electrons. The van der Waals surface area contributed by atoms with Gasteiger partial charge in [-0.05, 0) is 164 Å². The number of aliphatic hydroxyl groups is 3. The molecule has 0 saturated heterocycles. The molecule has 2 bridgehead atoms. The number of phenols is 2. The molecule has 5 aliphatic rings. The molecule has 9 atom stereocenters. The number of esters is 1. The molecule has 3 aromatic carbocycles. The number of aromatic hydroxyl groups is 2. The van der Waals surface area contributed by atoms with E-state index in [1.807, 2.05) is 24.3 Å². The Labute approximate surface area is 381 Å². The monoisotopic (exact) mass is 885 g/mol. The number of allylic oxidation sites excluding steroid dienone is 1. The number of carbonyl (C=O) groups is 2. The third-order valence-corrected chi connectivity index (χ3v) is 15.7. The Balaban J connectivity index is 1.18. The fraction of sp³-hybridized carbons (Fsp3) is 0.519. The van der Waals surface area contributed by atoms with Gasteiger partial charge in [-0.2, -0.15) is 0 Å². The fourth-order valence-electron chi connectivity index (χ4n) is 13.1. The number of hydrogen-bond acceptors (Lipinski definition) is 10. The third kappa shape index (κ3) is 9.15. The lowest BCUT2D eigenvalue weighted by molar-refractivity contribution is -0.149. The smallest absolute Gasteiger partial charge is 0.318 e. The molecule has 2 heterocycles. The van der Waals surface area contributed by atoms with Crippen LogP contribution in [0.5, 0.6) is 23.0 Å². The minimum Gasteiger partial charge on any atom is -0.504 e. The molecule has 4 aromatic rings. The molecule has 0 amide bonds. The van der Waals surface area contributed by atoms with Crippen molar-refractivity contribution in [2.75, 3.05) is 26.9 Å². The number of para-hydroxylation sites is 1. The molecule has 1 aromatic heterocycles. The van der Waals surface area contributed by atoms with Crippen LogP contribution in [0.4, 0.5) is 0 Å². The number of hydrogen-bond donors (Lipinski definition) is 6. The second-order valence-corrected chi connectivity index (χ2v) is 19.5. The Hall–Kier alpha value is -5.28. The Morgan fingerprint density at radius 1 is 0.908 bits per heavy atom. The number of benzene rings is 3. The predicted molar refractivity (Wildman–Crippen MR) is 247 cm³/mol. The second kappa shape index (κ2) is 19.3. The van der Waals surface area contributed by atoms with E-state index in [0.29, 0.717) is 37.4 Å².